The molecule has 3 unspecified atom stereocenters. The summed E-state index contributed by atoms with van der Waals surface area (Å²) in [7, 11) is 0. The number of nitrogens with one attached hydrogen (secondary N) is 1. The molecule has 24 heavy (non-hydrogen) atoms. The Morgan fingerprint density at radius 3 is 2.62 bits per heavy atom. The van der Waals surface area contributed by atoms with E-state index in [4.69, 9.17) is 23.2 Å². The number of aromatic nitrogens is 2. The standard InChI is InChI=1S/C16H21Cl2N3O3/c1-8(2)19-15-20-12-5-10(17)11(18)6-13(12)21(15)16(24)4-3-9(7-22)14(16)23/h5-6,8-9,14,22-24H,3-4,7H2,1-2H3,(H,19,20). The first kappa shape index (κ1) is 17.8. The van der Waals surface area contributed by atoms with E-state index >= 15 is 0 Å². The first-order chi connectivity index (χ1) is 11.3. The number of benzene rings is 1. The molecule has 0 radical (unpaired) electrons. The molecule has 1 saturated carbocycles. The van der Waals surface area contributed by atoms with Crippen LogP contribution in [0.2, 0.25) is 10.0 Å². The smallest absolute Gasteiger partial charge is 0.206 e. The number of halogens is 2. The number of hydrogen-bond donors (Lipinski definition) is 4. The normalized spacial score (nSPS) is 27.3. The first-order valence-electron chi connectivity index (χ1n) is 7.93. The van der Waals surface area contributed by atoms with Crippen LogP contribution >= 0.6 is 23.2 Å². The average molecular weight is 374 g/mol. The van der Waals surface area contributed by atoms with Crippen LogP contribution < -0.4 is 5.32 Å². The van der Waals surface area contributed by atoms with Gasteiger partial charge in [0.15, 0.2) is 5.72 Å². The van der Waals surface area contributed by atoms with E-state index in [1.54, 1.807) is 16.7 Å². The second-order valence-electron chi connectivity index (χ2n) is 6.63. The predicted octanol–water partition coefficient (Wildman–Crippen LogP) is 2.57. The third-order valence-corrected chi connectivity index (χ3v) is 5.26. The number of hydrogen-bond acceptors (Lipinski definition) is 5. The monoisotopic (exact) mass is 373 g/mol. The van der Waals surface area contributed by atoms with Gasteiger partial charge in [-0.25, -0.2) is 4.98 Å². The van der Waals surface area contributed by atoms with Crippen molar-refractivity contribution in [2.45, 2.75) is 44.6 Å². The van der Waals surface area contributed by atoms with Crippen LogP contribution in [-0.4, -0.2) is 43.6 Å². The Balaban J connectivity index is 2.22. The Kier molecular flexibility index (Phi) is 4.70. The van der Waals surface area contributed by atoms with Gasteiger partial charge in [0.05, 0.1) is 21.1 Å². The van der Waals surface area contributed by atoms with Crippen molar-refractivity contribution in [3.63, 3.8) is 0 Å². The van der Waals surface area contributed by atoms with E-state index in [2.05, 4.69) is 10.3 Å². The van der Waals surface area contributed by atoms with Gasteiger partial charge in [-0.05, 0) is 38.8 Å². The molecule has 0 saturated heterocycles. The van der Waals surface area contributed by atoms with Crippen LogP contribution in [-0.2, 0) is 5.72 Å². The van der Waals surface area contributed by atoms with Gasteiger partial charge in [0.2, 0.25) is 5.95 Å². The van der Waals surface area contributed by atoms with Crippen LogP contribution in [0.4, 0.5) is 5.95 Å². The molecule has 1 fully saturated rings. The topological polar surface area (TPSA) is 90.5 Å². The Labute approximate surface area is 150 Å². The maximum atomic E-state index is 11.2. The zero-order valence-electron chi connectivity index (χ0n) is 13.5. The molecule has 1 aliphatic rings. The van der Waals surface area contributed by atoms with Crippen LogP contribution in [0.5, 0.6) is 0 Å². The Morgan fingerprint density at radius 1 is 1.38 bits per heavy atom. The average Bonchev–Trinajstić information content (AvgIpc) is 2.98. The number of imidazole rings is 1. The lowest BCUT2D eigenvalue weighted by Crippen LogP contribution is -2.44. The van der Waals surface area contributed by atoms with E-state index in [9.17, 15) is 15.3 Å². The molecule has 1 aromatic heterocycles. The minimum Gasteiger partial charge on any atom is -0.396 e. The summed E-state index contributed by atoms with van der Waals surface area (Å²) < 4.78 is 1.57. The highest BCUT2D eigenvalue weighted by Gasteiger charge is 2.49. The summed E-state index contributed by atoms with van der Waals surface area (Å²) in [6.07, 6.45) is -0.296. The van der Waals surface area contributed by atoms with Crippen LogP contribution in [0.15, 0.2) is 12.1 Å². The largest absolute Gasteiger partial charge is 0.396 e. The van der Waals surface area contributed by atoms with Crippen LogP contribution in [0, 0.1) is 5.92 Å². The van der Waals surface area contributed by atoms with Crippen LogP contribution in [0.1, 0.15) is 26.7 Å². The molecular weight excluding hydrogens is 353 g/mol. The number of nitrogens with zero attached hydrogens (tertiary/aromatic N) is 2. The van der Waals surface area contributed by atoms with Crippen molar-refractivity contribution in [1.29, 1.82) is 0 Å². The summed E-state index contributed by atoms with van der Waals surface area (Å²) in [5.41, 5.74) is -0.426. The number of fused-ring (bicyclic) bond motifs is 1. The van der Waals surface area contributed by atoms with Crippen molar-refractivity contribution in [2.24, 2.45) is 5.92 Å². The molecule has 1 aliphatic carbocycles. The summed E-state index contributed by atoms with van der Waals surface area (Å²) in [5, 5.41) is 35.1. The third kappa shape index (κ3) is 2.76. The highest BCUT2D eigenvalue weighted by Crippen LogP contribution is 2.43. The third-order valence-electron chi connectivity index (χ3n) is 4.54. The van der Waals surface area contributed by atoms with Crippen molar-refractivity contribution in [3.8, 4) is 0 Å². The van der Waals surface area contributed by atoms with Crippen molar-refractivity contribution in [2.75, 3.05) is 11.9 Å². The Morgan fingerprint density at radius 2 is 2.04 bits per heavy atom. The number of anilines is 1. The molecule has 132 valence electrons. The molecule has 4 N–H and O–H groups in total. The van der Waals surface area contributed by atoms with E-state index < -0.39 is 11.8 Å². The van der Waals surface area contributed by atoms with Gasteiger partial charge in [0.1, 0.15) is 6.10 Å². The van der Waals surface area contributed by atoms with E-state index in [1.807, 2.05) is 13.8 Å². The lowest BCUT2D eigenvalue weighted by atomic mass is 10.0. The summed E-state index contributed by atoms with van der Waals surface area (Å²) in [6, 6.07) is 3.34. The molecule has 0 aliphatic heterocycles. The van der Waals surface area contributed by atoms with Gasteiger partial charge in [-0.3, -0.25) is 4.57 Å². The van der Waals surface area contributed by atoms with Gasteiger partial charge < -0.3 is 20.6 Å². The van der Waals surface area contributed by atoms with Crippen molar-refractivity contribution < 1.29 is 15.3 Å². The fourth-order valence-corrected chi connectivity index (χ4v) is 3.65. The van der Waals surface area contributed by atoms with Crippen molar-refractivity contribution in [1.82, 2.24) is 9.55 Å². The number of rotatable bonds is 4. The van der Waals surface area contributed by atoms with Crippen molar-refractivity contribution >= 4 is 40.2 Å². The lowest BCUT2D eigenvalue weighted by Gasteiger charge is -2.32. The number of aliphatic hydroxyl groups excluding tert-OH is 2. The Hall–Kier alpha value is -1.05. The maximum absolute atomic E-state index is 11.2. The van der Waals surface area contributed by atoms with Gasteiger partial charge >= 0.3 is 0 Å². The molecule has 0 bridgehead atoms. The lowest BCUT2D eigenvalue weighted by molar-refractivity contribution is -0.125. The predicted molar refractivity (Wildman–Crippen MR) is 94.5 cm³/mol. The highest BCUT2D eigenvalue weighted by molar-refractivity contribution is 6.42. The van der Waals surface area contributed by atoms with Gasteiger partial charge in [0.25, 0.3) is 0 Å². The fraction of sp³-hybridized carbons (Fsp3) is 0.562. The van der Waals surface area contributed by atoms with Crippen molar-refractivity contribution in [3.05, 3.63) is 22.2 Å². The second-order valence-corrected chi connectivity index (χ2v) is 7.44. The van der Waals surface area contributed by atoms with Gasteiger partial charge in [-0.15, -0.1) is 0 Å². The Bertz CT molecular complexity index is 765. The summed E-state index contributed by atoms with van der Waals surface area (Å²) in [5.74, 6) is 0.0422. The minimum absolute atomic E-state index is 0.0716. The molecule has 1 heterocycles. The van der Waals surface area contributed by atoms with E-state index in [0.717, 1.165) is 0 Å². The zero-order chi connectivity index (χ0) is 17.6. The minimum atomic E-state index is -1.57. The zero-order valence-corrected chi connectivity index (χ0v) is 15.0. The molecule has 3 atom stereocenters. The molecule has 1 aromatic carbocycles. The van der Waals surface area contributed by atoms with Gasteiger partial charge in [-0.1, -0.05) is 23.2 Å². The maximum Gasteiger partial charge on any atom is 0.206 e. The second kappa shape index (κ2) is 6.35. The number of aliphatic hydroxyl groups is 3. The molecule has 3 rings (SSSR count). The summed E-state index contributed by atoms with van der Waals surface area (Å²) >= 11 is 12.2. The van der Waals surface area contributed by atoms with Crippen LogP contribution in [0.3, 0.4) is 0 Å². The highest BCUT2D eigenvalue weighted by atomic mass is 35.5. The summed E-state index contributed by atoms with van der Waals surface area (Å²) in [4.78, 5) is 4.51. The molecule has 6 nitrogen and oxygen atoms in total. The van der Waals surface area contributed by atoms with Gasteiger partial charge in [0, 0.05) is 18.6 Å². The van der Waals surface area contributed by atoms with E-state index in [0.29, 0.717) is 39.9 Å². The van der Waals surface area contributed by atoms with Gasteiger partial charge in [-0.2, -0.15) is 0 Å². The molecule has 0 spiro atoms. The molecular formula is C16H21Cl2N3O3. The van der Waals surface area contributed by atoms with E-state index in [1.165, 1.54) is 0 Å². The summed E-state index contributed by atoms with van der Waals surface area (Å²) in [6.45, 7) is 3.72. The molecule has 2 aromatic rings. The first-order valence-corrected chi connectivity index (χ1v) is 8.69. The SMILES string of the molecule is CC(C)Nc1nc2cc(Cl)c(Cl)cc2n1C1(O)CCC(CO)C1O. The quantitative estimate of drug-likeness (QED) is 0.661. The van der Waals surface area contributed by atoms with Crippen LogP contribution in [0.25, 0.3) is 11.0 Å². The molecule has 0 amide bonds. The molecule has 8 heteroatoms. The fourth-order valence-electron chi connectivity index (χ4n) is 3.34. The van der Waals surface area contributed by atoms with E-state index in [-0.39, 0.29) is 18.6 Å².